The highest BCUT2D eigenvalue weighted by Gasteiger charge is 2.50. The Morgan fingerprint density at radius 2 is 1.85 bits per heavy atom. The van der Waals surface area contributed by atoms with Crippen LogP contribution in [0.3, 0.4) is 0 Å². The van der Waals surface area contributed by atoms with E-state index < -0.39 is 0 Å². The molecule has 4 bridgehead atoms. The van der Waals surface area contributed by atoms with E-state index in [2.05, 4.69) is 22.9 Å². The molecule has 0 amide bonds. The summed E-state index contributed by atoms with van der Waals surface area (Å²) < 4.78 is 2.21. The van der Waals surface area contributed by atoms with Crippen LogP contribution in [-0.4, -0.2) is 15.8 Å². The molecular formula is C17H27N3. The van der Waals surface area contributed by atoms with Crippen molar-refractivity contribution in [2.24, 2.45) is 28.9 Å². The zero-order valence-corrected chi connectivity index (χ0v) is 12.6. The van der Waals surface area contributed by atoms with Crippen LogP contribution in [0.25, 0.3) is 0 Å². The third kappa shape index (κ3) is 2.30. The van der Waals surface area contributed by atoms with Gasteiger partial charge in [-0.2, -0.15) is 5.10 Å². The standard InChI is InChI=1S/C17H27N3/c1-12(18)2-16-9-19-20(10-16)11-17-6-13-3-14(7-17)5-15(4-13)8-17/h9-10,12-15H,2-8,11,18H2,1H3. The summed E-state index contributed by atoms with van der Waals surface area (Å²) in [4.78, 5) is 0. The summed E-state index contributed by atoms with van der Waals surface area (Å²) >= 11 is 0. The van der Waals surface area contributed by atoms with Gasteiger partial charge in [-0.1, -0.05) is 0 Å². The molecule has 4 saturated carbocycles. The summed E-state index contributed by atoms with van der Waals surface area (Å²) in [6.07, 6.45) is 14.1. The van der Waals surface area contributed by atoms with E-state index in [9.17, 15) is 0 Å². The van der Waals surface area contributed by atoms with Crippen LogP contribution in [0.5, 0.6) is 0 Å². The first-order valence-electron chi connectivity index (χ1n) is 8.37. The minimum absolute atomic E-state index is 0.229. The zero-order valence-electron chi connectivity index (χ0n) is 12.6. The first kappa shape index (κ1) is 12.9. The maximum Gasteiger partial charge on any atom is 0.0522 e. The largest absolute Gasteiger partial charge is 0.328 e. The Morgan fingerprint density at radius 1 is 1.25 bits per heavy atom. The normalized spacial score (nSPS) is 40.2. The summed E-state index contributed by atoms with van der Waals surface area (Å²) in [5.41, 5.74) is 7.76. The molecule has 0 aliphatic heterocycles. The van der Waals surface area contributed by atoms with E-state index in [-0.39, 0.29) is 6.04 Å². The Morgan fingerprint density at radius 3 is 2.40 bits per heavy atom. The van der Waals surface area contributed by atoms with Crippen LogP contribution in [0.2, 0.25) is 0 Å². The summed E-state index contributed by atoms with van der Waals surface area (Å²) in [5, 5.41) is 4.61. The molecule has 0 aromatic carbocycles. The molecule has 1 unspecified atom stereocenters. The second-order valence-corrected chi connectivity index (χ2v) is 8.15. The molecule has 5 rings (SSSR count). The van der Waals surface area contributed by atoms with E-state index in [0.717, 1.165) is 30.7 Å². The van der Waals surface area contributed by atoms with E-state index in [4.69, 9.17) is 5.73 Å². The lowest BCUT2D eigenvalue weighted by molar-refractivity contribution is -0.0635. The quantitative estimate of drug-likeness (QED) is 0.916. The van der Waals surface area contributed by atoms with Gasteiger partial charge in [-0.05, 0) is 80.6 Å². The Bertz CT molecular complexity index is 453. The molecular weight excluding hydrogens is 246 g/mol. The molecule has 110 valence electrons. The van der Waals surface area contributed by atoms with Gasteiger partial charge in [-0.15, -0.1) is 0 Å². The second-order valence-electron chi connectivity index (χ2n) is 8.15. The van der Waals surface area contributed by atoms with E-state index in [1.807, 2.05) is 6.20 Å². The molecule has 20 heavy (non-hydrogen) atoms. The fourth-order valence-corrected chi connectivity index (χ4v) is 5.80. The number of hydrogen-bond acceptors (Lipinski definition) is 2. The molecule has 1 heterocycles. The molecule has 4 aliphatic rings. The van der Waals surface area contributed by atoms with E-state index in [1.54, 1.807) is 0 Å². The summed E-state index contributed by atoms with van der Waals surface area (Å²) in [6.45, 7) is 3.21. The lowest BCUT2D eigenvalue weighted by atomic mass is 9.49. The van der Waals surface area contributed by atoms with Gasteiger partial charge in [0.15, 0.2) is 0 Å². The number of nitrogens with zero attached hydrogens (tertiary/aromatic N) is 2. The Hall–Kier alpha value is -0.830. The highest BCUT2D eigenvalue weighted by atomic mass is 15.3. The number of aromatic nitrogens is 2. The Labute approximate surface area is 121 Å². The number of rotatable bonds is 4. The molecule has 2 N–H and O–H groups in total. The van der Waals surface area contributed by atoms with Gasteiger partial charge in [0, 0.05) is 18.8 Å². The van der Waals surface area contributed by atoms with E-state index in [0.29, 0.717) is 5.41 Å². The van der Waals surface area contributed by atoms with Crippen molar-refractivity contribution in [1.82, 2.24) is 9.78 Å². The average Bonchev–Trinajstić information content (AvgIpc) is 2.72. The van der Waals surface area contributed by atoms with Crippen molar-refractivity contribution in [2.45, 2.75) is 64.5 Å². The van der Waals surface area contributed by atoms with Gasteiger partial charge in [0.1, 0.15) is 0 Å². The van der Waals surface area contributed by atoms with Crippen molar-refractivity contribution in [3.05, 3.63) is 18.0 Å². The first-order valence-corrected chi connectivity index (χ1v) is 8.37. The van der Waals surface area contributed by atoms with Crippen LogP contribution >= 0.6 is 0 Å². The summed E-state index contributed by atoms with van der Waals surface area (Å²) in [6, 6.07) is 0.229. The van der Waals surface area contributed by atoms with Crippen LogP contribution in [-0.2, 0) is 13.0 Å². The van der Waals surface area contributed by atoms with Crippen LogP contribution in [0.1, 0.15) is 51.0 Å². The average molecular weight is 273 g/mol. The predicted molar refractivity (Wildman–Crippen MR) is 80.2 cm³/mol. The second kappa shape index (κ2) is 4.59. The number of nitrogens with two attached hydrogens (primary N) is 1. The van der Waals surface area contributed by atoms with Gasteiger partial charge in [-0.3, -0.25) is 4.68 Å². The van der Waals surface area contributed by atoms with Gasteiger partial charge >= 0.3 is 0 Å². The van der Waals surface area contributed by atoms with Crippen molar-refractivity contribution in [3.8, 4) is 0 Å². The molecule has 0 saturated heterocycles. The van der Waals surface area contributed by atoms with E-state index >= 15 is 0 Å². The molecule has 4 fully saturated rings. The SMILES string of the molecule is CC(N)Cc1cnn(CC23CC4CC(CC(C4)C2)C3)c1. The van der Waals surface area contributed by atoms with Gasteiger partial charge < -0.3 is 5.73 Å². The summed E-state index contributed by atoms with van der Waals surface area (Å²) in [7, 11) is 0. The molecule has 1 atom stereocenters. The lowest BCUT2D eigenvalue weighted by Crippen LogP contribution is -2.47. The molecule has 3 heteroatoms. The smallest absolute Gasteiger partial charge is 0.0522 e. The lowest BCUT2D eigenvalue weighted by Gasteiger charge is -2.56. The fraction of sp³-hybridized carbons (Fsp3) is 0.824. The van der Waals surface area contributed by atoms with Gasteiger partial charge in [0.25, 0.3) is 0 Å². The van der Waals surface area contributed by atoms with Crippen molar-refractivity contribution in [1.29, 1.82) is 0 Å². The highest BCUT2D eigenvalue weighted by Crippen LogP contribution is 2.60. The van der Waals surface area contributed by atoms with Crippen molar-refractivity contribution in [2.75, 3.05) is 0 Å². The van der Waals surface area contributed by atoms with Crippen LogP contribution in [0.4, 0.5) is 0 Å². The first-order chi connectivity index (χ1) is 9.60. The monoisotopic (exact) mass is 273 g/mol. The molecule has 1 aromatic heterocycles. The highest BCUT2D eigenvalue weighted by molar-refractivity contribution is 5.07. The molecule has 3 nitrogen and oxygen atoms in total. The minimum atomic E-state index is 0.229. The molecule has 0 spiro atoms. The third-order valence-electron chi connectivity index (χ3n) is 5.91. The zero-order chi connectivity index (χ0) is 13.7. The summed E-state index contributed by atoms with van der Waals surface area (Å²) in [5.74, 6) is 3.08. The van der Waals surface area contributed by atoms with Crippen molar-refractivity contribution in [3.63, 3.8) is 0 Å². The van der Waals surface area contributed by atoms with Crippen molar-refractivity contribution >= 4 is 0 Å². The van der Waals surface area contributed by atoms with E-state index in [1.165, 1.54) is 44.1 Å². The molecule has 4 aliphatic carbocycles. The van der Waals surface area contributed by atoms with Gasteiger partial charge in [0.2, 0.25) is 0 Å². The minimum Gasteiger partial charge on any atom is -0.328 e. The van der Waals surface area contributed by atoms with Crippen LogP contribution < -0.4 is 5.73 Å². The third-order valence-corrected chi connectivity index (χ3v) is 5.91. The number of hydrogen-bond donors (Lipinski definition) is 1. The van der Waals surface area contributed by atoms with Crippen LogP contribution in [0, 0.1) is 23.2 Å². The maximum absolute atomic E-state index is 5.88. The Balaban J connectivity index is 1.49. The Kier molecular flexibility index (Phi) is 2.95. The van der Waals surface area contributed by atoms with Crippen LogP contribution in [0.15, 0.2) is 12.4 Å². The molecule has 0 radical (unpaired) electrons. The maximum atomic E-state index is 5.88. The molecule has 1 aromatic rings. The van der Waals surface area contributed by atoms with Gasteiger partial charge in [-0.25, -0.2) is 0 Å². The topological polar surface area (TPSA) is 43.8 Å². The van der Waals surface area contributed by atoms with Gasteiger partial charge in [0.05, 0.1) is 6.20 Å². The fourth-order valence-electron chi connectivity index (χ4n) is 5.80. The van der Waals surface area contributed by atoms with Crippen molar-refractivity contribution < 1.29 is 0 Å². The predicted octanol–water partition coefficient (Wildman–Crippen LogP) is 2.99.